The first-order chi connectivity index (χ1) is 11.4. The van der Waals surface area contributed by atoms with E-state index in [4.69, 9.17) is 5.73 Å². The normalized spacial score (nSPS) is 12.3. The quantitative estimate of drug-likeness (QED) is 0.510. The summed E-state index contributed by atoms with van der Waals surface area (Å²) in [5.74, 6) is -1.83. The predicted molar refractivity (Wildman–Crippen MR) is 95.3 cm³/mol. The minimum atomic E-state index is -0.823. The van der Waals surface area contributed by atoms with Crippen LogP contribution in [-0.4, -0.2) is 18.0 Å². The van der Waals surface area contributed by atoms with Crippen molar-refractivity contribution in [3.8, 4) is 0 Å². The van der Waals surface area contributed by atoms with E-state index in [1.807, 2.05) is 38.1 Å². The topological polar surface area (TPSA) is 89.3 Å². The van der Waals surface area contributed by atoms with E-state index >= 15 is 0 Å². The van der Waals surface area contributed by atoms with Gasteiger partial charge in [-0.2, -0.15) is 0 Å². The van der Waals surface area contributed by atoms with Gasteiger partial charge in [0, 0.05) is 29.5 Å². The Labute approximate surface area is 142 Å². The van der Waals surface area contributed by atoms with Crippen molar-refractivity contribution in [2.45, 2.75) is 33.1 Å². The summed E-state index contributed by atoms with van der Waals surface area (Å²) in [6.07, 6.45) is 3.10. The van der Waals surface area contributed by atoms with Gasteiger partial charge in [-0.3, -0.25) is 9.59 Å². The number of primary amides is 1. The Kier molecular flexibility index (Phi) is 7.62. The summed E-state index contributed by atoms with van der Waals surface area (Å²) in [4.78, 5) is 34.3. The lowest BCUT2D eigenvalue weighted by atomic mass is 9.91. The van der Waals surface area contributed by atoms with E-state index in [1.165, 1.54) is 6.08 Å². The van der Waals surface area contributed by atoms with Crippen LogP contribution in [-0.2, 0) is 14.4 Å². The zero-order valence-electron chi connectivity index (χ0n) is 14.2. The van der Waals surface area contributed by atoms with Gasteiger partial charge in [0.1, 0.15) is 6.29 Å². The van der Waals surface area contributed by atoms with Crippen molar-refractivity contribution < 1.29 is 14.4 Å². The van der Waals surface area contributed by atoms with Gasteiger partial charge in [-0.1, -0.05) is 25.6 Å². The van der Waals surface area contributed by atoms with Gasteiger partial charge < -0.3 is 15.8 Å². The number of nitrogens with one attached hydrogen (secondary N) is 1. The Bertz CT molecular complexity index is 662. The van der Waals surface area contributed by atoms with Crippen molar-refractivity contribution in [3.63, 3.8) is 0 Å². The molecule has 1 aromatic rings. The van der Waals surface area contributed by atoms with Crippen LogP contribution in [0.4, 0.5) is 5.69 Å². The van der Waals surface area contributed by atoms with Crippen molar-refractivity contribution in [3.05, 3.63) is 53.8 Å². The van der Waals surface area contributed by atoms with Gasteiger partial charge in [0.25, 0.3) is 0 Å². The van der Waals surface area contributed by atoms with Crippen molar-refractivity contribution in [2.75, 3.05) is 5.32 Å². The number of rotatable bonds is 10. The molecule has 5 nitrogen and oxygen atoms in total. The van der Waals surface area contributed by atoms with Crippen LogP contribution in [0.5, 0.6) is 0 Å². The van der Waals surface area contributed by atoms with Crippen LogP contribution in [0.3, 0.4) is 0 Å². The monoisotopic (exact) mass is 328 g/mol. The first kappa shape index (κ1) is 19.4. The summed E-state index contributed by atoms with van der Waals surface area (Å²) in [5.41, 5.74) is 8.13. The number of hydrogen-bond acceptors (Lipinski definition) is 4. The molecule has 1 amide bonds. The maximum atomic E-state index is 12.4. The molecule has 0 radical (unpaired) electrons. The van der Waals surface area contributed by atoms with Crippen LogP contribution in [0, 0.1) is 12.8 Å². The molecule has 1 rings (SSSR count). The van der Waals surface area contributed by atoms with Crippen LogP contribution in [0.15, 0.2) is 48.2 Å². The van der Waals surface area contributed by atoms with E-state index in [-0.39, 0.29) is 24.2 Å². The van der Waals surface area contributed by atoms with Crippen LogP contribution in [0.2, 0.25) is 0 Å². The maximum Gasteiger partial charge on any atom is 0.225 e. The highest BCUT2D eigenvalue weighted by molar-refractivity contribution is 6.07. The molecule has 128 valence electrons. The van der Waals surface area contributed by atoms with Crippen LogP contribution in [0.25, 0.3) is 0 Å². The number of benzene rings is 1. The molecule has 0 aliphatic carbocycles. The highest BCUT2D eigenvalue weighted by Gasteiger charge is 2.22. The summed E-state index contributed by atoms with van der Waals surface area (Å²) < 4.78 is 0. The molecule has 0 aliphatic heterocycles. The Morgan fingerprint density at radius 3 is 2.62 bits per heavy atom. The highest BCUT2D eigenvalue weighted by Crippen LogP contribution is 2.19. The van der Waals surface area contributed by atoms with E-state index in [0.717, 1.165) is 11.3 Å². The van der Waals surface area contributed by atoms with E-state index in [9.17, 15) is 14.4 Å². The maximum absolute atomic E-state index is 12.4. The summed E-state index contributed by atoms with van der Waals surface area (Å²) in [6.45, 7) is 7.60. The lowest BCUT2D eigenvalue weighted by Gasteiger charge is -2.14. The molecule has 0 bridgehead atoms. The van der Waals surface area contributed by atoms with E-state index in [2.05, 4.69) is 11.9 Å². The summed E-state index contributed by atoms with van der Waals surface area (Å²) in [6, 6.07) is 7.79. The molecular formula is C19H24N2O3. The van der Waals surface area contributed by atoms with E-state index in [1.54, 1.807) is 0 Å². The van der Waals surface area contributed by atoms with Crippen LogP contribution >= 0.6 is 0 Å². The zero-order valence-corrected chi connectivity index (χ0v) is 14.2. The second kappa shape index (κ2) is 9.45. The minimum absolute atomic E-state index is 0.112. The molecule has 0 aromatic heterocycles. The van der Waals surface area contributed by atoms with Gasteiger partial charge >= 0.3 is 0 Å². The number of carbonyl (C=O) groups is 3. The van der Waals surface area contributed by atoms with Gasteiger partial charge in [-0.15, -0.1) is 0 Å². The Hall–Kier alpha value is -2.69. The highest BCUT2D eigenvalue weighted by atomic mass is 16.1. The number of carbonyl (C=O) groups excluding carboxylic acids is 3. The molecule has 1 unspecified atom stereocenters. The lowest BCUT2D eigenvalue weighted by Crippen LogP contribution is -2.27. The first-order valence-electron chi connectivity index (χ1n) is 7.89. The number of allylic oxidation sites excluding steroid dienone is 2. The standard InChI is InChI=1S/C19H24N2O3/c1-4-15(21-16-8-5-7-13(2)11-16)12-18(23)14(3)17(19(20)24)9-6-10-22/h5,7-8,10-12,17,21H,3-4,6,9H2,1-2H3,(H2,20,24)/b15-12+. The smallest absolute Gasteiger partial charge is 0.225 e. The first-order valence-corrected chi connectivity index (χ1v) is 7.89. The third kappa shape index (κ3) is 5.83. The van der Waals surface area contributed by atoms with Crippen LogP contribution in [0.1, 0.15) is 31.7 Å². The van der Waals surface area contributed by atoms with Gasteiger partial charge in [-0.05, 0) is 37.5 Å². The minimum Gasteiger partial charge on any atom is -0.369 e. The molecule has 0 spiro atoms. The average molecular weight is 328 g/mol. The Balaban J connectivity index is 2.89. The fourth-order valence-corrected chi connectivity index (χ4v) is 2.28. The molecule has 3 N–H and O–H groups in total. The van der Waals surface area contributed by atoms with Crippen molar-refractivity contribution in [1.82, 2.24) is 0 Å². The second-order valence-corrected chi connectivity index (χ2v) is 5.61. The number of hydrogen-bond donors (Lipinski definition) is 2. The Morgan fingerprint density at radius 2 is 2.08 bits per heavy atom. The summed E-state index contributed by atoms with van der Waals surface area (Å²) in [5, 5.41) is 3.19. The van der Waals surface area contributed by atoms with Crippen molar-refractivity contribution in [1.29, 1.82) is 0 Å². The molecular weight excluding hydrogens is 304 g/mol. The molecule has 0 heterocycles. The van der Waals surface area contributed by atoms with Crippen molar-refractivity contribution in [2.24, 2.45) is 11.7 Å². The average Bonchev–Trinajstić information content (AvgIpc) is 2.54. The van der Waals surface area contributed by atoms with Gasteiger partial charge in [0.15, 0.2) is 5.78 Å². The number of anilines is 1. The molecule has 0 saturated heterocycles. The van der Waals surface area contributed by atoms with E-state index < -0.39 is 11.8 Å². The molecule has 0 aliphatic rings. The fourth-order valence-electron chi connectivity index (χ4n) is 2.28. The molecule has 0 saturated carbocycles. The van der Waals surface area contributed by atoms with Crippen molar-refractivity contribution >= 4 is 23.7 Å². The summed E-state index contributed by atoms with van der Waals surface area (Å²) in [7, 11) is 0. The van der Waals surface area contributed by atoms with Gasteiger partial charge in [0.05, 0.1) is 5.92 Å². The molecule has 1 aromatic carbocycles. The molecule has 1 atom stereocenters. The second-order valence-electron chi connectivity index (χ2n) is 5.61. The van der Waals surface area contributed by atoms with Gasteiger partial charge in [0.2, 0.25) is 5.91 Å². The molecule has 5 heteroatoms. The number of aryl methyl sites for hydroxylation is 1. The lowest BCUT2D eigenvalue weighted by molar-refractivity contribution is -0.123. The Morgan fingerprint density at radius 1 is 1.38 bits per heavy atom. The predicted octanol–water partition coefficient (Wildman–Crippen LogP) is 2.91. The zero-order chi connectivity index (χ0) is 18.1. The molecule has 0 fully saturated rings. The summed E-state index contributed by atoms with van der Waals surface area (Å²) >= 11 is 0. The SMILES string of the molecule is C=C(C(=O)/C=C(\CC)Nc1cccc(C)c1)C(CCC=O)C(N)=O. The number of aldehydes is 1. The van der Waals surface area contributed by atoms with Crippen LogP contribution < -0.4 is 11.1 Å². The number of nitrogens with two attached hydrogens (primary N) is 1. The largest absolute Gasteiger partial charge is 0.369 e. The number of amides is 1. The number of ketones is 1. The third-order valence-electron chi connectivity index (χ3n) is 3.66. The third-order valence-corrected chi connectivity index (χ3v) is 3.66. The van der Waals surface area contributed by atoms with E-state index in [0.29, 0.717) is 18.4 Å². The fraction of sp³-hybridized carbons (Fsp3) is 0.316. The molecule has 24 heavy (non-hydrogen) atoms. The van der Waals surface area contributed by atoms with Gasteiger partial charge in [-0.25, -0.2) is 0 Å².